The fraction of sp³-hybridized carbons (Fsp3) is 0.485. The number of hydrogen-bond donors (Lipinski definition) is 2. The maximum atomic E-state index is 16.7. The molecule has 7 heterocycles. The number of pyridine rings is 2. The van der Waals surface area contributed by atoms with E-state index >= 15 is 4.39 Å². The lowest BCUT2D eigenvalue weighted by atomic mass is 9.79. The molecule has 4 saturated heterocycles. The summed E-state index contributed by atoms with van der Waals surface area (Å²) < 4.78 is 25.7. The molecule has 9 nitrogen and oxygen atoms in total. The fourth-order valence-corrected chi connectivity index (χ4v) is 8.76. The number of benzene rings is 1. The topological polar surface area (TPSA) is 95.8 Å². The summed E-state index contributed by atoms with van der Waals surface area (Å²) in [5, 5.41) is 15.6. The molecule has 2 N–H and O–H groups in total. The summed E-state index contributed by atoms with van der Waals surface area (Å²) in [5.41, 5.74) is 2.27. The third kappa shape index (κ3) is 4.51. The van der Waals surface area contributed by atoms with E-state index in [1.54, 1.807) is 24.4 Å². The number of aromatic nitrogens is 3. The first-order valence-electron chi connectivity index (χ1n) is 15.8. The number of carbonyl (C=O) groups is 1. The fourth-order valence-electron chi connectivity index (χ4n) is 8.37. The Hall–Kier alpha value is -3.18. The third-order valence-corrected chi connectivity index (χ3v) is 11.4. The first-order valence-corrected chi connectivity index (χ1v) is 16.6. The average Bonchev–Trinajstić information content (AvgIpc) is 3.83. The van der Waals surface area contributed by atoms with Gasteiger partial charge in [0.2, 0.25) is 5.88 Å². The smallest absolute Gasteiger partial charge is 0.407 e. The van der Waals surface area contributed by atoms with Crippen LogP contribution in [0.25, 0.3) is 33.1 Å². The molecule has 5 fully saturated rings. The monoisotopic (exact) mass is 652 g/mol. The molecule has 4 aliphatic heterocycles. The number of nitrogens with one attached hydrogen (secondary N) is 1. The molecular weight excluding hydrogens is 618 g/mol. The number of likely N-dealkylation sites (tertiary alicyclic amines) is 2. The lowest BCUT2D eigenvalue weighted by molar-refractivity contribution is 0.119. The average molecular weight is 654 g/mol. The molecule has 4 aromatic rings. The van der Waals surface area contributed by atoms with Gasteiger partial charge in [0.25, 0.3) is 0 Å². The van der Waals surface area contributed by atoms with Crippen LogP contribution >= 0.6 is 23.2 Å². The zero-order valence-corrected chi connectivity index (χ0v) is 26.7. The Morgan fingerprint density at radius 2 is 2.02 bits per heavy atom. The van der Waals surface area contributed by atoms with Crippen molar-refractivity contribution in [3.05, 3.63) is 52.0 Å². The second kappa shape index (κ2) is 11.0. The van der Waals surface area contributed by atoms with E-state index in [-0.39, 0.29) is 46.5 Å². The quantitative estimate of drug-likeness (QED) is 0.234. The van der Waals surface area contributed by atoms with Gasteiger partial charge >= 0.3 is 6.09 Å². The van der Waals surface area contributed by atoms with Crippen molar-refractivity contribution in [2.45, 2.75) is 69.3 Å². The van der Waals surface area contributed by atoms with Crippen molar-refractivity contribution < 1.29 is 19.0 Å². The summed E-state index contributed by atoms with van der Waals surface area (Å²) >= 11 is 12.8. The Morgan fingerprint density at radius 3 is 2.73 bits per heavy atom. The van der Waals surface area contributed by atoms with E-state index in [4.69, 9.17) is 32.9 Å². The van der Waals surface area contributed by atoms with E-state index in [1.165, 1.54) is 4.90 Å². The molecule has 1 aliphatic carbocycles. The molecule has 0 spiro atoms. The van der Waals surface area contributed by atoms with Crippen molar-refractivity contribution in [3.8, 4) is 17.1 Å². The molecule has 12 heteroatoms. The highest BCUT2D eigenvalue weighted by Crippen LogP contribution is 2.51. The number of hydrogen-bond acceptors (Lipinski definition) is 6. The molecule has 3 aromatic heterocycles. The Bertz CT molecular complexity index is 1840. The van der Waals surface area contributed by atoms with Crippen molar-refractivity contribution >= 4 is 51.1 Å². The van der Waals surface area contributed by atoms with Gasteiger partial charge in [-0.25, -0.2) is 14.2 Å². The number of halogens is 3. The maximum absolute atomic E-state index is 16.7. The molecule has 0 radical (unpaired) electrons. The number of amides is 1. The Morgan fingerprint density at radius 1 is 1.20 bits per heavy atom. The number of rotatable bonds is 6. The van der Waals surface area contributed by atoms with Crippen LogP contribution in [-0.4, -0.2) is 80.4 Å². The van der Waals surface area contributed by atoms with Crippen LogP contribution in [-0.2, 0) is 0 Å². The highest BCUT2D eigenvalue weighted by atomic mass is 35.5. The number of fused-ring (bicyclic) bond motifs is 4. The molecular formula is C33H35Cl2FN6O3. The lowest BCUT2D eigenvalue weighted by Crippen LogP contribution is -2.40. The highest BCUT2D eigenvalue weighted by molar-refractivity contribution is 6.43. The normalized spacial score (nSPS) is 27.0. The van der Waals surface area contributed by atoms with Gasteiger partial charge in [0.15, 0.2) is 5.82 Å². The van der Waals surface area contributed by atoms with Crippen LogP contribution in [0.3, 0.4) is 0 Å². The molecule has 2 bridgehead atoms. The third-order valence-electron chi connectivity index (χ3n) is 10.6. The predicted octanol–water partition coefficient (Wildman–Crippen LogP) is 6.91. The lowest BCUT2D eigenvalue weighted by Gasteiger charge is -2.39. The molecule has 5 aliphatic rings. The summed E-state index contributed by atoms with van der Waals surface area (Å²) in [6.07, 6.45) is 5.17. The van der Waals surface area contributed by atoms with Gasteiger partial charge < -0.3 is 19.7 Å². The van der Waals surface area contributed by atoms with Gasteiger partial charge in [-0.2, -0.15) is 0 Å². The second-order valence-electron chi connectivity index (χ2n) is 13.1. The van der Waals surface area contributed by atoms with Gasteiger partial charge in [-0.3, -0.25) is 14.8 Å². The van der Waals surface area contributed by atoms with E-state index in [0.29, 0.717) is 40.7 Å². The number of likely N-dealkylation sites (N-methyl/N-ethyl adjacent to an activating group) is 1. The molecule has 45 heavy (non-hydrogen) atoms. The van der Waals surface area contributed by atoms with Gasteiger partial charge in [-0.05, 0) is 70.7 Å². The van der Waals surface area contributed by atoms with Crippen molar-refractivity contribution in [2.24, 2.45) is 5.92 Å². The minimum atomic E-state index is -0.933. The number of carboxylic acid groups (broad SMARTS) is 1. The standard InChI is InChI=1S/C33H35Cl2FN6O3/c1-16(23-8-4-10-40(23)2)45-32-19-13-25(24-9-5-11-41(24)33(43)44)42(30-17-12-22(30)37-14-17)31(19)20-15-38-28(27(36)29(20)39-32)18-6-3-7-21(34)26(18)35/h3,6-7,13,15-17,22-24,30,37H,4-5,8-12,14H2,1-2H3,(H,43,44)/t16?,17-,22-,23+,24-,30+/m1/s1. The number of nitrogens with zero attached hydrogens (tertiary/aromatic N) is 5. The molecule has 1 aromatic carbocycles. The number of ether oxygens (including phenoxy) is 1. The molecule has 1 amide bonds. The van der Waals surface area contributed by atoms with Gasteiger partial charge in [0, 0.05) is 48.0 Å². The SMILES string of the molecule is CC(Oc1nc2c(F)c(-c3cccc(Cl)c3Cl)ncc2c2c1cc([C@H]1CCCN1C(=O)O)n2[C@H]1[C@H]2CN[C@@H]1C2)[C@@H]1CCCN1C. The van der Waals surface area contributed by atoms with Crippen molar-refractivity contribution in [3.63, 3.8) is 0 Å². The first-order chi connectivity index (χ1) is 21.7. The van der Waals surface area contributed by atoms with Crippen LogP contribution in [0.15, 0.2) is 30.5 Å². The first kappa shape index (κ1) is 29.2. The van der Waals surface area contributed by atoms with E-state index in [9.17, 15) is 9.90 Å². The maximum Gasteiger partial charge on any atom is 0.407 e. The Labute approximate surface area is 270 Å². The Kier molecular flexibility index (Phi) is 7.13. The van der Waals surface area contributed by atoms with Crippen LogP contribution in [0, 0.1) is 11.7 Å². The molecule has 1 unspecified atom stereocenters. The molecule has 6 atom stereocenters. The van der Waals surface area contributed by atoms with E-state index in [2.05, 4.69) is 26.8 Å². The van der Waals surface area contributed by atoms with Gasteiger partial charge in [-0.1, -0.05) is 35.3 Å². The summed E-state index contributed by atoms with van der Waals surface area (Å²) in [4.78, 5) is 25.7. The molecule has 1 saturated carbocycles. The zero-order valence-electron chi connectivity index (χ0n) is 25.1. The van der Waals surface area contributed by atoms with Crippen LogP contribution in [0.4, 0.5) is 9.18 Å². The van der Waals surface area contributed by atoms with E-state index < -0.39 is 11.9 Å². The van der Waals surface area contributed by atoms with E-state index in [0.717, 1.165) is 55.4 Å². The molecule has 9 rings (SSSR count). The zero-order chi connectivity index (χ0) is 31.1. The molecule has 236 valence electrons. The second-order valence-corrected chi connectivity index (χ2v) is 13.8. The summed E-state index contributed by atoms with van der Waals surface area (Å²) in [6.45, 7) is 4.41. The summed E-state index contributed by atoms with van der Waals surface area (Å²) in [7, 11) is 2.10. The predicted molar refractivity (Wildman–Crippen MR) is 172 cm³/mol. The van der Waals surface area contributed by atoms with Crippen LogP contribution in [0.5, 0.6) is 5.88 Å². The van der Waals surface area contributed by atoms with Crippen LogP contribution in [0.2, 0.25) is 10.0 Å². The van der Waals surface area contributed by atoms with Crippen molar-refractivity contribution in [2.75, 3.05) is 26.7 Å². The minimum absolute atomic E-state index is 0.0629. The van der Waals surface area contributed by atoms with Gasteiger partial charge in [-0.15, -0.1) is 0 Å². The van der Waals surface area contributed by atoms with Crippen LogP contribution < -0.4 is 10.1 Å². The Balaban J connectivity index is 1.39. The minimum Gasteiger partial charge on any atom is -0.472 e. The van der Waals surface area contributed by atoms with Crippen molar-refractivity contribution in [1.29, 1.82) is 0 Å². The largest absolute Gasteiger partial charge is 0.472 e. The summed E-state index contributed by atoms with van der Waals surface area (Å²) in [6, 6.07) is 7.35. The van der Waals surface area contributed by atoms with E-state index in [1.807, 2.05) is 13.0 Å². The van der Waals surface area contributed by atoms with Gasteiger partial charge in [0.05, 0.1) is 33.0 Å². The van der Waals surface area contributed by atoms with Crippen molar-refractivity contribution in [1.82, 2.24) is 29.7 Å². The highest BCUT2D eigenvalue weighted by Gasteiger charge is 2.50. The van der Waals surface area contributed by atoms with Crippen LogP contribution in [0.1, 0.15) is 56.8 Å². The summed E-state index contributed by atoms with van der Waals surface area (Å²) in [5.74, 6) is 0.133. The van der Waals surface area contributed by atoms with Gasteiger partial charge in [0.1, 0.15) is 17.3 Å².